The fourth-order valence-electron chi connectivity index (χ4n) is 1.35. The van der Waals surface area contributed by atoms with Gasteiger partial charge in [0, 0.05) is 5.56 Å². The maximum atomic E-state index is 12.7. The lowest BCUT2D eigenvalue weighted by Crippen LogP contribution is -2.28. The van der Waals surface area contributed by atoms with Gasteiger partial charge in [-0.15, -0.1) is 0 Å². The van der Waals surface area contributed by atoms with Gasteiger partial charge in [0.2, 0.25) is 11.7 Å². The highest BCUT2D eigenvalue weighted by molar-refractivity contribution is 5.53. The summed E-state index contributed by atoms with van der Waals surface area (Å²) in [5.41, 5.74) is 0.521. The molecule has 4 nitrogen and oxygen atoms in total. The van der Waals surface area contributed by atoms with E-state index in [2.05, 4.69) is 15.5 Å². The van der Waals surface area contributed by atoms with Crippen molar-refractivity contribution in [1.82, 2.24) is 15.5 Å². The Kier molecular flexibility index (Phi) is 3.79. The van der Waals surface area contributed by atoms with Gasteiger partial charge in [-0.05, 0) is 24.3 Å². The average Bonchev–Trinajstić information content (AvgIpc) is 2.77. The number of aromatic nitrogens is 2. The van der Waals surface area contributed by atoms with E-state index in [-0.39, 0.29) is 18.3 Å². The summed E-state index contributed by atoms with van der Waals surface area (Å²) in [5.74, 6) is -0.174. The first-order chi connectivity index (χ1) is 8.94. The summed E-state index contributed by atoms with van der Waals surface area (Å²) in [6, 6.07) is 5.36. The van der Waals surface area contributed by atoms with Crippen LogP contribution in [0.1, 0.15) is 5.89 Å². The second-order valence-corrected chi connectivity index (χ2v) is 3.74. The van der Waals surface area contributed by atoms with Crippen LogP contribution in [0.2, 0.25) is 0 Å². The maximum absolute atomic E-state index is 12.7. The Morgan fingerprint density at radius 3 is 2.47 bits per heavy atom. The van der Waals surface area contributed by atoms with Gasteiger partial charge in [0.25, 0.3) is 0 Å². The van der Waals surface area contributed by atoms with Gasteiger partial charge in [-0.25, -0.2) is 4.39 Å². The maximum Gasteiger partial charge on any atom is 0.401 e. The van der Waals surface area contributed by atoms with Crippen LogP contribution >= 0.6 is 0 Å². The third-order valence-electron chi connectivity index (χ3n) is 2.17. The molecule has 0 saturated carbocycles. The summed E-state index contributed by atoms with van der Waals surface area (Å²) >= 11 is 0. The molecule has 2 rings (SSSR count). The Morgan fingerprint density at radius 1 is 1.16 bits per heavy atom. The van der Waals surface area contributed by atoms with E-state index in [9.17, 15) is 17.6 Å². The highest BCUT2D eigenvalue weighted by atomic mass is 19.4. The minimum atomic E-state index is -4.29. The van der Waals surface area contributed by atoms with E-state index in [4.69, 9.17) is 4.52 Å². The molecule has 0 aliphatic heterocycles. The standard InChI is InChI=1S/C11H9F4N3O/c12-8-3-1-7(2-4-8)10-17-9(19-18-10)5-16-6-11(13,14)15/h1-4,16H,5-6H2. The van der Waals surface area contributed by atoms with Crippen molar-refractivity contribution in [1.29, 1.82) is 0 Å². The number of nitrogens with one attached hydrogen (secondary N) is 1. The molecule has 0 radical (unpaired) electrons. The molecule has 1 aromatic heterocycles. The number of rotatable bonds is 4. The number of hydrogen-bond donors (Lipinski definition) is 1. The molecule has 1 N–H and O–H groups in total. The Bertz CT molecular complexity index is 536. The zero-order valence-electron chi connectivity index (χ0n) is 9.54. The number of halogens is 4. The van der Waals surface area contributed by atoms with E-state index in [1.54, 1.807) is 0 Å². The van der Waals surface area contributed by atoms with Gasteiger partial charge in [-0.3, -0.25) is 0 Å². The first-order valence-electron chi connectivity index (χ1n) is 5.30. The second kappa shape index (κ2) is 5.35. The molecule has 1 heterocycles. The molecule has 0 bridgehead atoms. The van der Waals surface area contributed by atoms with Crippen LogP contribution in [0.25, 0.3) is 11.4 Å². The third-order valence-corrected chi connectivity index (χ3v) is 2.17. The van der Waals surface area contributed by atoms with Crippen molar-refractivity contribution in [3.8, 4) is 11.4 Å². The first kappa shape index (κ1) is 13.5. The summed E-state index contributed by atoms with van der Waals surface area (Å²) in [6.07, 6.45) is -4.29. The normalized spacial score (nSPS) is 11.8. The lowest BCUT2D eigenvalue weighted by molar-refractivity contribution is -0.125. The Labute approximate surface area is 105 Å². The molecule has 102 valence electrons. The van der Waals surface area contributed by atoms with E-state index in [0.717, 1.165) is 0 Å². The van der Waals surface area contributed by atoms with E-state index in [1.165, 1.54) is 24.3 Å². The predicted molar refractivity (Wildman–Crippen MR) is 57.5 cm³/mol. The van der Waals surface area contributed by atoms with Crippen LogP contribution in [0.15, 0.2) is 28.8 Å². The molecule has 0 saturated heterocycles. The lowest BCUT2D eigenvalue weighted by atomic mass is 10.2. The number of nitrogens with zero attached hydrogens (tertiary/aromatic N) is 2. The fourth-order valence-corrected chi connectivity index (χ4v) is 1.35. The van der Waals surface area contributed by atoms with Gasteiger partial charge < -0.3 is 9.84 Å². The molecule has 19 heavy (non-hydrogen) atoms. The molecule has 0 fully saturated rings. The predicted octanol–water partition coefficient (Wildman–Crippen LogP) is 2.53. The van der Waals surface area contributed by atoms with Crippen molar-refractivity contribution in [2.45, 2.75) is 12.7 Å². The molecule has 2 aromatic rings. The molecule has 0 unspecified atom stereocenters. The van der Waals surface area contributed by atoms with Crippen LogP contribution in [0.4, 0.5) is 17.6 Å². The van der Waals surface area contributed by atoms with E-state index in [0.29, 0.717) is 5.56 Å². The van der Waals surface area contributed by atoms with Gasteiger partial charge in [-0.2, -0.15) is 18.2 Å². The average molecular weight is 275 g/mol. The van der Waals surface area contributed by atoms with Gasteiger partial charge >= 0.3 is 6.18 Å². The van der Waals surface area contributed by atoms with Crippen LogP contribution in [0, 0.1) is 5.82 Å². The third kappa shape index (κ3) is 4.02. The molecule has 1 aromatic carbocycles. The topological polar surface area (TPSA) is 51.0 Å². The van der Waals surface area contributed by atoms with Crippen molar-refractivity contribution in [3.05, 3.63) is 36.0 Å². The summed E-state index contributed by atoms with van der Waals surface area (Å²) in [5, 5.41) is 5.74. The van der Waals surface area contributed by atoms with Crippen molar-refractivity contribution in [2.24, 2.45) is 0 Å². The van der Waals surface area contributed by atoms with Crippen LogP contribution in [0.3, 0.4) is 0 Å². The molecule has 0 spiro atoms. The number of alkyl halides is 3. The van der Waals surface area contributed by atoms with E-state index >= 15 is 0 Å². The largest absolute Gasteiger partial charge is 0.401 e. The summed E-state index contributed by atoms with van der Waals surface area (Å²) in [7, 11) is 0. The van der Waals surface area contributed by atoms with Gasteiger partial charge in [0.1, 0.15) is 5.82 Å². The summed E-state index contributed by atoms with van der Waals surface area (Å²) in [4.78, 5) is 3.90. The van der Waals surface area contributed by atoms with Crippen LogP contribution in [-0.2, 0) is 6.54 Å². The van der Waals surface area contributed by atoms with Crippen LogP contribution < -0.4 is 5.32 Å². The quantitative estimate of drug-likeness (QED) is 0.871. The molecular weight excluding hydrogens is 266 g/mol. The van der Waals surface area contributed by atoms with E-state index in [1.807, 2.05) is 0 Å². The number of hydrogen-bond acceptors (Lipinski definition) is 4. The molecule has 8 heteroatoms. The molecule has 0 atom stereocenters. The summed E-state index contributed by atoms with van der Waals surface area (Å²) < 4.78 is 53.2. The highest BCUT2D eigenvalue weighted by Crippen LogP contribution is 2.16. The van der Waals surface area contributed by atoms with Crippen molar-refractivity contribution in [2.75, 3.05) is 6.54 Å². The van der Waals surface area contributed by atoms with E-state index < -0.39 is 18.5 Å². The SMILES string of the molecule is Fc1ccc(-c2noc(CNCC(F)(F)F)n2)cc1. The molecule has 0 aliphatic carbocycles. The molecule has 0 amide bonds. The minimum Gasteiger partial charge on any atom is -0.338 e. The minimum absolute atomic E-state index is 0.0311. The Morgan fingerprint density at radius 2 is 1.84 bits per heavy atom. The zero-order valence-corrected chi connectivity index (χ0v) is 9.54. The smallest absolute Gasteiger partial charge is 0.338 e. The zero-order chi connectivity index (χ0) is 13.9. The lowest BCUT2D eigenvalue weighted by Gasteiger charge is -2.05. The Balaban J connectivity index is 1.97. The molecular formula is C11H9F4N3O. The van der Waals surface area contributed by atoms with Gasteiger partial charge in [0.05, 0.1) is 13.1 Å². The monoisotopic (exact) mass is 275 g/mol. The van der Waals surface area contributed by atoms with Crippen molar-refractivity contribution < 1.29 is 22.1 Å². The Hall–Kier alpha value is -1.96. The molecule has 0 aliphatic rings. The van der Waals surface area contributed by atoms with Gasteiger partial charge in [0.15, 0.2) is 0 Å². The first-order valence-corrected chi connectivity index (χ1v) is 5.30. The number of benzene rings is 1. The van der Waals surface area contributed by atoms with Crippen LogP contribution in [0.5, 0.6) is 0 Å². The van der Waals surface area contributed by atoms with Crippen molar-refractivity contribution >= 4 is 0 Å². The van der Waals surface area contributed by atoms with Gasteiger partial charge in [-0.1, -0.05) is 5.16 Å². The van der Waals surface area contributed by atoms with Crippen LogP contribution in [-0.4, -0.2) is 22.9 Å². The highest BCUT2D eigenvalue weighted by Gasteiger charge is 2.26. The second-order valence-electron chi connectivity index (χ2n) is 3.74. The summed E-state index contributed by atoms with van der Waals surface area (Å²) in [6.45, 7) is -1.32. The van der Waals surface area contributed by atoms with Crippen molar-refractivity contribution in [3.63, 3.8) is 0 Å². The fraction of sp³-hybridized carbons (Fsp3) is 0.273.